The van der Waals surface area contributed by atoms with Crippen LogP contribution in [0.5, 0.6) is 0 Å². The molecule has 0 amide bonds. The number of benzene rings is 1. The Labute approximate surface area is 125 Å². The second kappa shape index (κ2) is 5.54. The van der Waals surface area contributed by atoms with Gasteiger partial charge in [-0.05, 0) is 42.1 Å². The van der Waals surface area contributed by atoms with Crippen molar-refractivity contribution in [2.24, 2.45) is 0 Å². The van der Waals surface area contributed by atoms with Gasteiger partial charge in [0, 0.05) is 10.5 Å². The second-order valence-electron chi connectivity index (χ2n) is 4.69. The number of aryl methyl sites for hydroxylation is 1. The van der Waals surface area contributed by atoms with Crippen molar-refractivity contribution in [1.29, 1.82) is 0 Å². The van der Waals surface area contributed by atoms with Gasteiger partial charge in [0.05, 0.1) is 6.42 Å². The molecule has 3 aromatic rings. The first-order valence-electron chi connectivity index (χ1n) is 6.46. The third-order valence-corrected chi connectivity index (χ3v) is 4.08. The maximum Gasteiger partial charge on any atom is 0.308 e. The van der Waals surface area contributed by atoms with Crippen LogP contribution in [0.25, 0.3) is 22.7 Å². The Hall–Kier alpha value is -2.40. The number of hydrogen-bond donors (Lipinski definition) is 1. The summed E-state index contributed by atoms with van der Waals surface area (Å²) in [6, 6.07) is 9.40. The number of aromatic nitrogens is 1. The molecule has 0 unspecified atom stereocenters. The summed E-state index contributed by atoms with van der Waals surface area (Å²) >= 11 is 1.57. The smallest absolute Gasteiger partial charge is 0.308 e. The van der Waals surface area contributed by atoms with Crippen molar-refractivity contribution >= 4 is 40.1 Å². The van der Waals surface area contributed by atoms with Crippen molar-refractivity contribution in [3.05, 3.63) is 52.0 Å². The number of carboxylic acid groups (broad SMARTS) is 1. The highest BCUT2D eigenvalue weighted by atomic mass is 32.1. The van der Waals surface area contributed by atoms with Crippen LogP contribution >= 0.6 is 11.3 Å². The minimum Gasteiger partial charge on any atom is -0.481 e. The topological polar surface area (TPSA) is 63.3 Å². The van der Waals surface area contributed by atoms with Crippen molar-refractivity contribution in [2.45, 2.75) is 13.3 Å². The fraction of sp³-hybridized carbons (Fsp3) is 0.125. The summed E-state index contributed by atoms with van der Waals surface area (Å²) < 4.78 is 5.68. The Bertz CT molecular complexity index is 796. The first-order valence-corrected chi connectivity index (χ1v) is 7.34. The molecule has 0 saturated carbocycles. The lowest BCUT2D eigenvalue weighted by Crippen LogP contribution is -1.97. The van der Waals surface area contributed by atoms with E-state index in [1.807, 2.05) is 48.7 Å². The number of para-hydroxylation sites is 2. The molecule has 0 saturated heterocycles. The highest BCUT2D eigenvalue weighted by Crippen LogP contribution is 2.28. The van der Waals surface area contributed by atoms with Gasteiger partial charge in [-0.15, -0.1) is 11.3 Å². The van der Waals surface area contributed by atoms with Gasteiger partial charge < -0.3 is 9.52 Å². The van der Waals surface area contributed by atoms with Gasteiger partial charge >= 0.3 is 5.97 Å². The van der Waals surface area contributed by atoms with Gasteiger partial charge in [0.2, 0.25) is 5.89 Å². The van der Waals surface area contributed by atoms with E-state index in [0.717, 1.165) is 16.0 Å². The number of carboxylic acids is 1. The Morgan fingerprint density at radius 3 is 2.86 bits per heavy atom. The number of hydrogen-bond acceptors (Lipinski definition) is 4. The SMILES string of the molecule is Cc1ccsc1/C=C(\CC(=O)O)c1nc2ccccc2o1. The van der Waals surface area contributed by atoms with Crippen LogP contribution < -0.4 is 0 Å². The molecular weight excluding hydrogens is 286 g/mol. The maximum absolute atomic E-state index is 11.1. The Morgan fingerprint density at radius 1 is 1.38 bits per heavy atom. The van der Waals surface area contributed by atoms with E-state index < -0.39 is 5.97 Å². The Morgan fingerprint density at radius 2 is 2.19 bits per heavy atom. The van der Waals surface area contributed by atoms with Gasteiger partial charge in [0.15, 0.2) is 5.58 Å². The van der Waals surface area contributed by atoms with Crippen LogP contribution in [-0.4, -0.2) is 16.1 Å². The Kier molecular flexibility index (Phi) is 3.58. The summed E-state index contributed by atoms with van der Waals surface area (Å²) in [5.74, 6) is -0.538. The van der Waals surface area contributed by atoms with Gasteiger partial charge in [-0.2, -0.15) is 0 Å². The number of fused-ring (bicyclic) bond motifs is 1. The van der Waals surface area contributed by atoms with Crippen LogP contribution in [0, 0.1) is 6.92 Å². The predicted octanol–water partition coefficient (Wildman–Crippen LogP) is 4.21. The molecule has 0 bridgehead atoms. The number of carbonyl (C=O) groups is 1. The minimum absolute atomic E-state index is 0.121. The van der Waals surface area contributed by atoms with E-state index in [1.54, 1.807) is 11.3 Å². The first-order chi connectivity index (χ1) is 10.1. The van der Waals surface area contributed by atoms with E-state index in [1.165, 1.54) is 0 Å². The summed E-state index contributed by atoms with van der Waals surface area (Å²) in [7, 11) is 0. The summed E-state index contributed by atoms with van der Waals surface area (Å²) in [5, 5.41) is 11.1. The molecule has 2 aromatic heterocycles. The molecule has 0 aliphatic rings. The van der Waals surface area contributed by atoms with Crippen molar-refractivity contribution in [2.75, 3.05) is 0 Å². The van der Waals surface area contributed by atoms with Crippen LogP contribution in [0.4, 0.5) is 0 Å². The summed E-state index contributed by atoms with van der Waals surface area (Å²) in [6.45, 7) is 1.99. The van der Waals surface area contributed by atoms with Gasteiger partial charge in [-0.3, -0.25) is 4.79 Å². The molecule has 0 spiro atoms. The second-order valence-corrected chi connectivity index (χ2v) is 5.64. The molecule has 0 aliphatic carbocycles. The van der Waals surface area contributed by atoms with Gasteiger partial charge in [-0.25, -0.2) is 4.98 Å². The van der Waals surface area contributed by atoms with Crippen LogP contribution in [0.2, 0.25) is 0 Å². The fourth-order valence-corrected chi connectivity index (χ4v) is 2.93. The predicted molar refractivity (Wildman–Crippen MR) is 83.2 cm³/mol. The number of oxazole rings is 1. The van der Waals surface area contributed by atoms with Gasteiger partial charge in [0.25, 0.3) is 0 Å². The van der Waals surface area contributed by atoms with E-state index in [9.17, 15) is 4.79 Å². The van der Waals surface area contributed by atoms with Crippen LogP contribution in [0.3, 0.4) is 0 Å². The van der Waals surface area contributed by atoms with Crippen LogP contribution in [0.15, 0.2) is 40.1 Å². The summed E-state index contributed by atoms with van der Waals surface area (Å²) in [6.07, 6.45) is 1.73. The maximum atomic E-state index is 11.1. The van der Waals surface area contributed by atoms with Crippen molar-refractivity contribution in [1.82, 2.24) is 4.98 Å². The molecule has 1 aromatic carbocycles. The number of thiophene rings is 1. The Balaban J connectivity index is 2.08. The largest absolute Gasteiger partial charge is 0.481 e. The molecule has 21 heavy (non-hydrogen) atoms. The average molecular weight is 299 g/mol. The zero-order valence-electron chi connectivity index (χ0n) is 11.4. The third-order valence-electron chi connectivity index (χ3n) is 3.12. The number of aliphatic carboxylic acids is 1. The van der Waals surface area contributed by atoms with Crippen molar-refractivity contribution in [3.63, 3.8) is 0 Å². The average Bonchev–Trinajstić information content (AvgIpc) is 3.04. The third kappa shape index (κ3) is 2.87. The fourth-order valence-electron chi connectivity index (χ4n) is 2.05. The van der Waals surface area contributed by atoms with Crippen molar-refractivity contribution < 1.29 is 14.3 Å². The molecule has 1 N–H and O–H groups in total. The molecule has 0 fully saturated rings. The zero-order valence-corrected chi connectivity index (χ0v) is 12.2. The molecular formula is C16H13NO3S. The lowest BCUT2D eigenvalue weighted by atomic mass is 10.1. The summed E-state index contributed by atoms with van der Waals surface area (Å²) in [4.78, 5) is 16.5. The van der Waals surface area contributed by atoms with Crippen molar-refractivity contribution in [3.8, 4) is 0 Å². The normalized spacial score (nSPS) is 12.0. The van der Waals surface area contributed by atoms with Gasteiger partial charge in [0.1, 0.15) is 5.52 Å². The molecule has 0 radical (unpaired) electrons. The lowest BCUT2D eigenvalue weighted by molar-refractivity contribution is -0.135. The lowest BCUT2D eigenvalue weighted by Gasteiger charge is -2.00. The minimum atomic E-state index is -0.905. The van der Waals surface area contributed by atoms with E-state index in [2.05, 4.69) is 4.98 Å². The molecule has 5 heteroatoms. The van der Waals surface area contributed by atoms with E-state index in [4.69, 9.17) is 9.52 Å². The quantitative estimate of drug-likeness (QED) is 0.783. The zero-order chi connectivity index (χ0) is 14.8. The highest BCUT2D eigenvalue weighted by Gasteiger charge is 2.15. The van der Waals surface area contributed by atoms with Gasteiger partial charge in [-0.1, -0.05) is 12.1 Å². The molecule has 106 valence electrons. The molecule has 2 heterocycles. The molecule has 0 atom stereocenters. The van der Waals surface area contributed by atoms with Crippen LogP contribution in [-0.2, 0) is 4.79 Å². The molecule has 0 aliphatic heterocycles. The first kappa shape index (κ1) is 13.6. The highest BCUT2D eigenvalue weighted by molar-refractivity contribution is 7.11. The molecule has 3 rings (SSSR count). The monoisotopic (exact) mass is 299 g/mol. The van der Waals surface area contributed by atoms with E-state index in [0.29, 0.717) is 17.0 Å². The molecule has 4 nitrogen and oxygen atoms in total. The van der Waals surface area contributed by atoms with E-state index >= 15 is 0 Å². The summed E-state index contributed by atoms with van der Waals surface area (Å²) in [5.41, 5.74) is 3.07. The number of rotatable bonds is 4. The standard InChI is InChI=1S/C16H13NO3S/c1-10-6-7-21-14(10)8-11(9-15(18)19)16-17-12-4-2-3-5-13(12)20-16/h2-8H,9H2,1H3,(H,18,19)/b11-8+. The van der Waals surface area contributed by atoms with Crippen LogP contribution in [0.1, 0.15) is 22.8 Å². The number of nitrogens with zero attached hydrogens (tertiary/aromatic N) is 1. The van der Waals surface area contributed by atoms with E-state index in [-0.39, 0.29) is 6.42 Å².